The maximum atomic E-state index is 13.1. The average molecular weight is 195 g/mol. The molecule has 0 saturated carbocycles. The molecule has 0 amide bonds. The summed E-state index contributed by atoms with van der Waals surface area (Å²) in [6.07, 6.45) is 1.10. The van der Waals surface area contributed by atoms with Crippen molar-refractivity contribution in [2.24, 2.45) is 0 Å². The van der Waals surface area contributed by atoms with E-state index >= 15 is 0 Å². The summed E-state index contributed by atoms with van der Waals surface area (Å²) in [5.74, 6) is -0.710. The van der Waals surface area contributed by atoms with Gasteiger partial charge in [0.25, 0.3) is 0 Å². The molecule has 0 aliphatic rings. The minimum absolute atomic E-state index is 0.0323. The van der Waals surface area contributed by atoms with Gasteiger partial charge in [0.2, 0.25) is 0 Å². The highest BCUT2D eigenvalue weighted by Gasteiger charge is 2.09. The van der Waals surface area contributed by atoms with Gasteiger partial charge in [-0.25, -0.2) is 14.4 Å². The highest BCUT2D eigenvalue weighted by atomic mass is 19.1. The Morgan fingerprint density at radius 1 is 1.21 bits per heavy atom. The van der Waals surface area contributed by atoms with E-state index in [0.29, 0.717) is 0 Å². The van der Waals surface area contributed by atoms with E-state index in [-0.39, 0.29) is 11.4 Å². The quantitative estimate of drug-likeness (QED) is 0.623. The smallest absolute Gasteiger partial charge is 0.211 e. The van der Waals surface area contributed by atoms with Crippen molar-refractivity contribution in [3.8, 4) is 11.4 Å². The normalized spacial score (nSPS) is 10.1. The summed E-state index contributed by atoms with van der Waals surface area (Å²) >= 11 is 0. The second kappa shape index (κ2) is 3.36. The van der Waals surface area contributed by atoms with Crippen LogP contribution >= 0.6 is 0 Å². The Morgan fingerprint density at radius 3 is 2.79 bits per heavy atom. The molecule has 0 atom stereocenters. The lowest BCUT2D eigenvalue weighted by Gasteiger charge is -1.97. The molecule has 0 fully saturated rings. The van der Waals surface area contributed by atoms with Crippen molar-refractivity contribution >= 4 is 0 Å². The van der Waals surface area contributed by atoms with Gasteiger partial charge < -0.3 is 0 Å². The van der Waals surface area contributed by atoms with Gasteiger partial charge in [0.05, 0.1) is 6.20 Å². The van der Waals surface area contributed by atoms with Gasteiger partial charge in [-0.3, -0.25) is 0 Å². The molecule has 2 aromatic heterocycles. The van der Waals surface area contributed by atoms with Gasteiger partial charge in [-0.1, -0.05) is 0 Å². The Bertz CT molecular complexity index is 461. The fourth-order valence-corrected chi connectivity index (χ4v) is 0.896. The summed E-state index contributed by atoms with van der Waals surface area (Å²) in [6, 6.07) is 1.33. The minimum atomic E-state index is -0.944. The van der Waals surface area contributed by atoms with Crippen LogP contribution in [0.3, 0.4) is 0 Å². The monoisotopic (exact) mass is 195 g/mol. The number of rotatable bonds is 1. The molecule has 5 nitrogen and oxygen atoms in total. The van der Waals surface area contributed by atoms with E-state index in [0.717, 1.165) is 6.20 Å². The molecule has 0 radical (unpaired) electrons. The molecule has 0 aliphatic heterocycles. The van der Waals surface area contributed by atoms with Crippen molar-refractivity contribution in [1.82, 2.24) is 25.4 Å². The van der Waals surface area contributed by atoms with Crippen LogP contribution in [0.15, 0.2) is 18.5 Å². The molecule has 2 rings (SSSR count). The van der Waals surface area contributed by atoms with Gasteiger partial charge >= 0.3 is 6.08 Å². The first kappa shape index (κ1) is 8.54. The second-order valence-electron chi connectivity index (χ2n) is 2.34. The van der Waals surface area contributed by atoms with Crippen LogP contribution in [0.2, 0.25) is 0 Å². The third kappa shape index (κ3) is 1.51. The van der Waals surface area contributed by atoms with E-state index < -0.39 is 11.9 Å². The summed E-state index contributed by atoms with van der Waals surface area (Å²) in [5, 5.41) is 9.84. The second-order valence-corrected chi connectivity index (χ2v) is 2.34. The van der Waals surface area contributed by atoms with Crippen LogP contribution in [0.4, 0.5) is 8.78 Å². The van der Waals surface area contributed by atoms with Gasteiger partial charge in [-0.15, -0.1) is 10.2 Å². The number of nitrogens with zero attached hydrogens (tertiary/aromatic N) is 5. The number of halogens is 2. The van der Waals surface area contributed by atoms with Crippen LogP contribution < -0.4 is 0 Å². The molecule has 70 valence electrons. The van der Waals surface area contributed by atoms with E-state index in [4.69, 9.17) is 0 Å². The van der Waals surface area contributed by atoms with Crippen molar-refractivity contribution in [3.63, 3.8) is 0 Å². The molecule has 14 heavy (non-hydrogen) atoms. The third-order valence-corrected chi connectivity index (χ3v) is 1.46. The zero-order chi connectivity index (χ0) is 9.97. The van der Waals surface area contributed by atoms with Crippen molar-refractivity contribution in [2.75, 3.05) is 0 Å². The van der Waals surface area contributed by atoms with Gasteiger partial charge in [-0.05, 0) is 11.3 Å². The lowest BCUT2D eigenvalue weighted by atomic mass is 10.3. The minimum Gasteiger partial charge on any atom is -0.211 e. The zero-order valence-electron chi connectivity index (χ0n) is 6.72. The molecule has 7 heteroatoms. The molecule has 0 unspecified atom stereocenters. The van der Waals surface area contributed by atoms with Gasteiger partial charge in [-0.2, -0.15) is 4.39 Å². The zero-order valence-corrected chi connectivity index (χ0v) is 6.72. The molecule has 0 N–H and O–H groups in total. The van der Waals surface area contributed by atoms with Crippen LogP contribution in [-0.4, -0.2) is 25.4 Å². The summed E-state index contributed by atoms with van der Waals surface area (Å²) < 4.78 is 25.6. The predicted molar refractivity (Wildman–Crippen MR) is 40.8 cm³/mol. The van der Waals surface area contributed by atoms with E-state index in [1.807, 2.05) is 0 Å². The third-order valence-electron chi connectivity index (χ3n) is 1.46. The van der Waals surface area contributed by atoms with Gasteiger partial charge in [0, 0.05) is 6.20 Å². The summed E-state index contributed by atoms with van der Waals surface area (Å²) in [6.45, 7) is 0. The van der Waals surface area contributed by atoms with Crippen LogP contribution in [0, 0.1) is 11.9 Å². The van der Waals surface area contributed by atoms with Gasteiger partial charge in [0.1, 0.15) is 5.69 Å². The molecule has 0 spiro atoms. The van der Waals surface area contributed by atoms with Crippen molar-refractivity contribution in [3.05, 3.63) is 30.4 Å². The number of aromatic nitrogens is 5. The fourth-order valence-electron chi connectivity index (χ4n) is 0.896. The molecule has 0 aromatic carbocycles. The SMILES string of the molecule is Fc1nccc(-c2nnncc2F)n1. The van der Waals surface area contributed by atoms with E-state index in [1.54, 1.807) is 0 Å². The molecule has 0 aliphatic carbocycles. The first-order valence-electron chi connectivity index (χ1n) is 3.60. The van der Waals surface area contributed by atoms with E-state index in [2.05, 4.69) is 25.4 Å². The van der Waals surface area contributed by atoms with E-state index in [1.165, 1.54) is 12.3 Å². The largest absolute Gasteiger partial charge is 0.309 e. The predicted octanol–water partition coefficient (Wildman–Crippen LogP) is 0.607. The highest BCUT2D eigenvalue weighted by molar-refractivity contribution is 5.52. The first-order chi connectivity index (χ1) is 6.77. The molecule has 0 bridgehead atoms. The maximum Gasteiger partial charge on any atom is 0.309 e. The number of hydrogen-bond acceptors (Lipinski definition) is 5. The average Bonchev–Trinajstić information content (AvgIpc) is 2.18. The maximum absolute atomic E-state index is 13.1. The standard InChI is InChI=1S/C7H3F2N5/c8-4-3-11-14-13-6(4)5-1-2-10-7(9)12-5/h1-3H. The van der Waals surface area contributed by atoms with Crippen LogP contribution in [0.1, 0.15) is 0 Å². The fraction of sp³-hybridized carbons (Fsp3) is 0. The van der Waals surface area contributed by atoms with Crippen LogP contribution in [-0.2, 0) is 0 Å². The lowest BCUT2D eigenvalue weighted by Crippen LogP contribution is -1.98. The van der Waals surface area contributed by atoms with Crippen LogP contribution in [0.25, 0.3) is 11.4 Å². The summed E-state index contributed by atoms with van der Waals surface area (Å²) in [7, 11) is 0. The van der Waals surface area contributed by atoms with E-state index in [9.17, 15) is 8.78 Å². The molecule has 2 aromatic rings. The lowest BCUT2D eigenvalue weighted by molar-refractivity contribution is 0.538. The summed E-state index contributed by atoms with van der Waals surface area (Å²) in [5.41, 5.74) is -0.119. The summed E-state index contributed by atoms with van der Waals surface area (Å²) in [4.78, 5) is 6.59. The first-order valence-corrected chi connectivity index (χ1v) is 3.60. The Hall–Kier alpha value is -2.05. The topological polar surface area (TPSA) is 64.5 Å². The Morgan fingerprint density at radius 2 is 2.07 bits per heavy atom. The van der Waals surface area contributed by atoms with Crippen molar-refractivity contribution in [1.29, 1.82) is 0 Å². The Labute approximate surface area is 76.9 Å². The molecular weight excluding hydrogens is 192 g/mol. The van der Waals surface area contributed by atoms with Crippen molar-refractivity contribution < 1.29 is 8.78 Å². The van der Waals surface area contributed by atoms with Crippen LogP contribution in [0.5, 0.6) is 0 Å². The van der Waals surface area contributed by atoms with Gasteiger partial charge in [0.15, 0.2) is 11.5 Å². The molecular formula is C7H3F2N5. The number of hydrogen-bond donors (Lipinski definition) is 0. The Balaban J connectivity index is 2.55. The molecule has 0 saturated heterocycles. The molecule has 2 heterocycles. The Kier molecular flexibility index (Phi) is 2.05. The highest BCUT2D eigenvalue weighted by Crippen LogP contribution is 2.14. The van der Waals surface area contributed by atoms with Crippen molar-refractivity contribution in [2.45, 2.75) is 0 Å².